The van der Waals surface area contributed by atoms with E-state index in [-0.39, 0.29) is 24.8 Å². The fourth-order valence-corrected chi connectivity index (χ4v) is 2.91. The molecule has 0 unspecified atom stereocenters. The van der Waals surface area contributed by atoms with Crippen LogP contribution in [0.5, 0.6) is 0 Å². The third-order valence-corrected chi connectivity index (χ3v) is 4.02. The summed E-state index contributed by atoms with van der Waals surface area (Å²) >= 11 is 0. The molecule has 0 aliphatic carbocycles. The highest BCUT2D eigenvalue weighted by Gasteiger charge is 2.22. The minimum atomic E-state index is -0.899. The van der Waals surface area contributed by atoms with Crippen LogP contribution < -0.4 is 0 Å². The molecule has 6 nitrogen and oxygen atoms in total. The van der Waals surface area contributed by atoms with Crippen molar-refractivity contribution in [3.8, 4) is 0 Å². The van der Waals surface area contributed by atoms with Gasteiger partial charge in [-0.05, 0) is 12.0 Å². The molecule has 0 saturated heterocycles. The summed E-state index contributed by atoms with van der Waals surface area (Å²) < 4.78 is 7.16. The monoisotopic (exact) mass is 346 g/mol. The van der Waals surface area contributed by atoms with Gasteiger partial charge in [-0.15, -0.1) is 0 Å². The summed E-state index contributed by atoms with van der Waals surface area (Å²) in [6.45, 7) is 5.99. The van der Waals surface area contributed by atoms with E-state index < -0.39 is 5.97 Å². The molecule has 25 heavy (non-hydrogen) atoms. The zero-order chi connectivity index (χ0) is 18.4. The van der Waals surface area contributed by atoms with Crippen LogP contribution in [0.25, 0.3) is 10.9 Å². The zero-order valence-electron chi connectivity index (χ0n) is 15.1. The number of carboxylic acids is 1. The van der Waals surface area contributed by atoms with Crippen LogP contribution in [0.2, 0.25) is 0 Å². The second kappa shape index (κ2) is 8.67. The third kappa shape index (κ3) is 4.82. The lowest BCUT2D eigenvalue weighted by atomic mass is 10.1. The molecule has 1 aromatic carbocycles. The van der Waals surface area contributed by atoms with E-state index in [4.69, 9.17) is 9.84 Å². The maximum Gasteiger partial charge on any atom is 0.305 e. The number of nitrogens with zero attached hydrogens (tertiary/aromatic N) is 2. The number of carbonyl (C=O) groups excluding carboxylic acids is 1. The Morgan fingerprint density at radius 2 is 2.00 bits per heavy atom. The Morgan fingerprint density at radius 3 is 2.64 bits per heavy atom. The van der Waals surface area contributed by atoms with Crippen LogP contribution in [0.4, 0.5) is 0 Å². The maximum absolute atomic E-state index is 13.1. The van der Waals surface area contributed by atoms with Crippen molar-refractivity contribution in [2.45, 2.75) is 26.8 Å². The Hall–Kier alpha value is -2.34. The SMILES string of the molecule is COCCn1cc(C(=O)N(CCC(=O)O)CC(C)C)c2ccccc21. The minimum absolute atomic E-state index is 0.0548. The van der Waals surface area contributed by atoms with Crippen molar-refractivity contribution in [1.29, 1.82) is 0 Å². The first-order valence-electron chi connectivity index (χ1n) is 8.52. The number of rotatable bonds is 9. The molecule has 0 aliphatic rings. The van der Waals surface area contributed by atoms with Gasteiger partial charge in [0.25, 0.3) is 5.91 Å². The Balaban J connectivity index is 2.36. The molecule has 6 heteroatoms. The first-order valence-corrected chi connectivity index (χ1v) is 8.52. The van der Waals surface area contributed by atoms with E-state index >= 15 is 0 Å². The van der Waals surface area contributed by atoms with Gasteiger partial charge in [0.1, 0.15) is 0 Å². The number of carboxylic acid groups (broad SMARTS) is 1. The van der Waals surface area contributed by atoms with E-state index in [0.29, 0.717) is 25.3 Å². The fraction of sp³-hybridized carbons (Fsp3) is 0.474. The molecule has 1 heterocycles. The average molecular weight is 346 g/mol. The summed E-state index contributed by atoms with van der Waals surface area (Å²) in [5.41, 5.74) is 1.59. The second-order valence-electron chi connectivity index (χ2n) is 6.53. The Bertz CT molecular complexity index is 736. The topological polar surface area (TPSA) is 71.8 Å². The smallest absolute Gasteiger partial charge is 0.305 e. The Morgan fingerprint density at radius 1 is 1.28 bits per heavy atom. The van der Waals surface area contributed by atoms with Crippen molar-refractivity contribution in [2.75, 3.05) is 26.8 Å². The molecule has 2 aromatic rings. The highest BCUT2D eigenvalue weighted by atomic mass is 16.5. The number of aliphatic carboxylic acids is 1. The number of methoxy groups -OCH3 is 1. The van der Waals surface area contributed by atoms with Crippen molar-refractivity contribution in [2.24, 2.45) is 5.92 Å². The lowest BCUT2D eigenvalue weighted by molar-refractivity contribution is -0.137. The lowest BCUT2D eigenvalue weighted by Gasteiger charge is -2.23. The number of amides is 1. The normalized spacial score (nSPS) is 11.2. The quantitative estimate of drug-likeness (QED) is 0.758. The van der Waals surface area contributed by atoms with Gasteiger partial charge in [0.15, 0.2) is 0 Å². The molecule has 0 fully saturated rings. The third-order valence-electron chi connectivity index (χ3n) is 4.02. The average Bonchev–Trinajstić information content (AvgIpc) is 2.94. The van der Waals surface area contributed by atoms with Gasteiger partial charge in [0, 0.05) is 43.8 Å². The summed E-state index contributed by atoms with van der Waals surface area (Å²) in [6.07, 6.45) is 1.79. The van der Waals surface area contributed by atoms with Gasteiger partial charge in [-0.2, -0.15) is 0 Å². The summed E-state index contributed by atoms with van der Waals surface area (Å²) in [5.74, 6) is -0.758. The number of hydrogen-bond donors (Lipinski definition) is 1. The molecular weight excluding hydrogens is 320 g/mol. The molecule has 0 atom stereocenters. The maximum atomic E-state index is 13.1. The van der Waals surface area contributed by atoms with E-state index in [1.54, 1.807) is 12.0 Å². The van der Waals surface area contributed by atoms with Crippen molar-refractivity contribution in [3.05, 3.63) is 36.0 Å². The fourth-order valence-electron chi connectivity index (χ4n) is 2.91. The molecule has 1 N–H and O–H groups in total. The van der Waals surface area contributed by atoms with Gasteiger partial charge in [0.2, 0.25) is 0 Å². The van der Waals surface area contributed by atoms with Gasteiger partial charge in [-0.1, -0.05) is 32.0 Å². The molecule has 0 aliphatic heterocycles. The van der Waals surface area contributed by atoms with E-state index in [9.17, 15) is 9.59 Å². The highest BCUT2D eigenvalue weighted by Crippen LogP contribution is 2.23. The summed E-state index contributed by atoms with van der Waals surface area (Å²) in [7, 11) is 1.65. The van der Waals surface area contributed by atoms with Crippen LogP contribution in [0.3, 0.4) is 0 Å². The number of aromatic nitrogens is 1. The van der Waals surface area contributed by atoms with E-state index in [2.05, 4.69) is 0 Å². The Kier molecular flexibility index (Phi) is 6.58. The molecule has 136 valence electrons. The second-order valence-corrected chi connectivity index (χ2v) is 6.53. The number of benzene rings is 1. The number of fused-ring (bicyclic) bond motifs is 1. The first kappa shape index (κ1) is 19.0. The molecule has 2 rings (SSSR count). The van der Waals surface area contributed by atoms with Crippen LogP contribution in [-0.4, -0.2) is 53.3 Å². The van der Waals surface area contributed by atoms with Crippen molar-refractivity contribution < 1.29 is 19.4 Å². The Labute approximate surface area is 148 Å². The number of para-hydroxylation sites is 1. The zero-order valence-corrected chi connectivity index (χ0v) is 15.1. The van der Waals surface area contributed by atoms with Gasteiger partial charge in [-0.25, -0.2) is 0 Å². The highest BCUT2D eigenvalue weighted by molar-refractivity contribution is 6.07. The van der Waals surface area contributed by atoms with Crippen molar-refractivity contribution in [1.82, 2.24) is 9.47 Å². The van der Waals surface area contributed by atoms with Gasteiger partial charge in [0.05, 0.1) is 18.6 Å². The minimum Gasteiger partial charge on any atom is -0.481 e. The van der Waals surface area contributed by atoms with Crippen LogP contribution in [0, 0.1) is 5.92 Å². The lowest BCUT2D eigenvalue weighted by Crippen LogP contribution is -2.35. The largest absolute Gasteiger partial charge is 0.481 e. The van der Waals surface area contributed by atoms with Crippen LogP contribution >= 0.6 is 0 Å². The van der Waals surface area contributed by atoms with Gasteiger partial charge < -0.3 is 19.3 Å². The standard InChI is InChI=1S/C19H26N2O4/c1-14(2)12-21(9-8-18(22)23)19(24)16-13-20(10-11-25-3)17-7-5-4-6-15(16)17/h4-7,13-14H,8-12H2,1-3H3,(H,22,23). The first-order chi connectivity index (χ1) is 11.9. The predicted molar refractivity (Wildman–Crippen MR) is 96.8 cm³/mol. The molecule has 1 amide bonds. The van der Waals surface area contributed by atoms with Crippen LogP contribution in [0.15, 0.2) is 30.5 Å². The van der Waals surface area contributed by atoms with E-state index in [1.807, 2.05) is 48.9 Å². The number of hydrogen-bond acceptors (Lipinski definition) is 3. The summed E-state index contributed by atoms with van der Waals surface area (Å²) in [6, 6.07) is 7.75. The summed E-state index contributed by atoms with van der Waals surface area (Å²) in [5, 5.41) is 9.85. The molecule has 1 aromatic heterocycles. The molecule has 0 radical (unpaired) electrons. The van der Waals surface area contributed by atoms with Gasteiger partial charge >= 0.3 is 5.97 Å². The number of ether oxygens (including phenoxy) is 1. The van der Waals surface area contributed by atoms with Crippen molar-refractivity contribution in [3.63, 3.8) is 0 Å². The van der Waals surface area contributed by atoms with Crippen LogP contribution in [0.1, 0.15) is 30.6 Å². The predicted octanol–water partition coefficient (Wildman–Crippen LogP) is 2.86. The van der Waals surface area contributed by atoms with E-state index in [0.717, 1.165) is 10.9 Å². The molecule has 0 saturated carbocycles. The number of carbonyl (C=O) groups is 2. The molecule has 0 spiro atoms. The van der Waals surface area contributed by atoms with Gasteiger partial charge in [-0.3, -0.25) is 9.59 Å². The molecular formula is C19H26N2O4. The molecule has 0 bridgehead atoms. The van der Waals surface area contributed by atoms with Crippen molar-refractivity contribution >= 4 is 22.8 Å². The van der Waals surface area contributed by atoms with Crippen LogP contribution in [-0.2, 0) is 16.1 Å². The summed E-state index contributed by atoms with van der Waals surface area (Å²) in [4.78, 5) is 25.6. The van der Waals surface area contributed by atoms with E-state index in [1.165, 1.54) is 0 Å².